The Morgan fingerprint density at radius 3 is 2.56 bits per heavy atom. The van der Waals surface area contributed by atoms with Crippen LogP contribution < -0.4 is 5.32 Å². The fourth-order valence-corrected chi connectivity index (χ4v) is 2.37. The third kappa shape index (κ3) is 4.00. The van der Waals surface area contributed by atoms with Crippen molar-refractivity contribution in [2.45, 2.75) is 38.3 Å². The zero-order valence-electron chi connectivity index (χ0n) is 10.4. The molecule has 0 heterocycles. The Balaban J connectivity index is 1.76. The largest absolute Gasteiger partial charge is 0.478 e. The van der Waals surface area contributed by atoms with Gasteiger partial charge in [-0.05, 0) is 31.2 Å². The Morgan fingerprint density at radius 2 is 1.94 bits per heavy atom. The van der Waals surface area contributed by atoms with E-state index in [2.05, 4.69) is 17.4 Å². The van der Waals surface area contributed by atoms with Gasteiger partial charge in [-0.1, -0.05) is 35.9 Å². The third-order valence-corrected chi connectivity index (χ3v) is 3.39. The maximum absolute atomic E-state index is 10.6. The van der Waals surface area contributed by atoms with E-state index in [1.54, 1.807) is 0 Å². The van der Waals surface area contributed by atoms with Crippen molar-refractivity contribution < 1.29 is 9.90 Å². The maximum atomic E-state index is 10.6. The standard InChI is InChI=1S/C15H19NO2/c17-15(18)10-12-6-8-14(9-7-12)16-11-13-4-2-1-3-5-13/h1-5,10,14,16H,6-9,11H2,(H,17,18). The number of hydrogen-bond donors (Lipinski definition) is 2. The molecule has 1 aliphatic carbocycles. The van der Waals surface area contributed by atoms with Crippen LogP contribution >= 0.6 is 0 Å². The predicted molar refractivity (Wildman–Crippen MR) is 71.3 cm³/mol. The first-order chi connectivity index (χ1) is 8.74. The molecule has 0 atom stereocenters. The van der Waals surface area contributed by atoms with Crippen LogP contribution in [0.4, 0.5) is 0 Å². The van der Waals surface area contributed by atoms with Gasteiger partial charge >= 0.3 is 5.97 Å². The second-order valence-corrected chi connectivity index (χ2v) is 4.78. The SMILES string of the molecule is O=C(O)C=C1CCC(NCc2ccccc2)CC1. The number of hydrogen-bond acceptors (Lipinski definition) is 2. The van der Waals surface area contributed by atoms with Gasteiger partial charge < -0.3 is 10.4 Å². The number of carboxylic acid groups (broad SMARTS) is 1. The Hall–Kier alpha value is -1.61. The molecule has 18 heavy (non-hydrogen) atoms. The lowest BCUT2D eigenvalue weighted by molar-refractivity contribution is -0.131. The van der Waals surface area contributed by atoms with E-state index in [0.717, 1.165) is 37.8 Å². The number of carboxylic acids is 1. The molecule has 0 bridgehead atoms. The fourth-order valence-electron chi connectivity index (χ4n) is 2.37. The Kier molecular flexibility index (Phi) is 4.53. The molecule has 1 saturated carbocycles. The van der Waals surface area contributed by atoms with Crippen LogP contribution in [0, 0.1) is 0 Å². The van der Waals surface area contributed by atoms with Gasteiger partial charge in [-0.3, -0.25) is 0 Å². The number of carbonyl (C=O) groups is 1. The fraction of sp³-hybridized carbons (Fsp3) is 0.400. The smallest absolute Gasteiger partial charge is 0.328 e. The summed E-state index contributed by atoms with van der Waals surface area (Å²) < 4.78 is 0. The van der Waals surface area contributed by atoms with E-state index in [1.807, 2.05) is 18.2 Å². The number of benzene rings is 1. The van der Waals surface area contributed by atoms with Crippen LogP contribution in [-0.2, 0) is 11.3 Å². The highest BCUT2D eigenvalue weighted by Gasteiger charge is 2.16. The van der Waals surface area contributed by atoms with Crippen LogP contribution in [0.1, 0.15) is 31.2 Å². The zero-order chi connectivity index (χ0) is 12.8. The van der Waals surface area contributed by atoms with E-state index >= 15 is 0 Å². The molecule has 96 valence electrons. The van der Waals surface area contributed by atoms with E-state index in [4.69, 9.17) is 5.11 Å². The van der Waals surface area contributed by atoms with Crippen molar-refractivity contribution in [2.24, 2.45) is 0 Å². The predicted octanol–water partition coefficient (Wildman–Crippen LogP) is 2.73. The monoisotopic (exact) mass is 245 g/mol. The quantitative estimate of drug-likeness (QED) is 0.802. The summed E-state index contributed by atoms with van der Waals surface area (Å²) in [5, 5.41) is 12.2. The van der Waals surface area contributed by atoms with Crippen LogP contribution in [0.5, 0.6) is 0 Å². The van der Waals surface area contributed by atoms with Crippen molar-refractivity contribution in [2.75, 3.05) is 0 Å². The molecule has 2 N–H and O–H groups in total. The number of nitrogens with one attached hydrogen (secondary N) is 1. The van der Waals surface area contributed by atoms with Crippen LogP contribution in [0.3, 0.4) is 0 Å². The molecule has 0 saturated heterocycles. The number of aliphatic carboxylic acids is 1. The molecule has 0 radical (unpaired) electrons. The Labute approximate surface area is 108 Å². The van der Waals surface area contributed by atoms with Gasteiger partial charge in [-0.15, -0.1) is 0 Å². The molecule has 0 spiro atoms. The van der Waals surface area contributed by atoms with E-state index in [0.29, 0.717) is 6.04 Å². The summed E-state index contributed by atoms with van der Waals surface area (Å²) in [5.41, 5.74) is 2.37. The highest BCUT2D eigenvalue weighted by Crippen LogP contribution is 2.23. The Morgan fingerprint density at radius 1 is 1.28 bits per heavy atom. The van der Waals surface area contributed by atoms with Gasteiger partial charge in [0.1, 0.15) is 0 Å². The maximum Gasteiger partial charge on any atom is 0.328 e. The van der Waals surface area contributed by atoms with Crippen molar-refractivity contribution in [1.29, 1.82) is 0 Å². The first-order valence-electron chi connectivity index (χ1n) is 6.44. The molecule has 2 rings (SSSR count). The topological polar surface area (TPSA) is 49.3 Å². The van der Waals surface area contributed by atoms with Crippen molar-refractivity contribution in [3.8, 4) is 0 Å². The second kappa shape index (κ2) is 6.36. The lowest BCUT2D eigenvalue weighted by Crippen LogP contribution is -2.31. The summed E-state index contributed by atoms with van der Waals surface area (Å²) in [7, 11) is 0. The normalized spacial score (nSPS) is 19.6. The third-order valence-electron chi connectivity index (χ3n) is 3.39. The summed E-state index contributed by atoms with van der Waals surface area (Å²) in [6.45, 7) is 0.892. The van der Waals surface area contributed by atoms with E-state index in [-0.39, 0.29) is 0 Å². The molecule has 0 aromatic heterocycles. The Bertz CT molecular complexity index is 415. The second-order valence-electron chi connectivity index (χ2n) is 4.78. The number of rotatable bonds is 4. The van der Waals surface area contributed by atoms with Gasteiger partial charge in [0.05, 0.1) is 0 Å². The molecular weight excluding hydrogens is 226 g/mol. The van der Waals surface area contributed by atoms with Crippen molar-refractivity contribution in [3.63, 3.8) is 0 Å². The summed E-state index contributed by atoms with van der Waals surface area (Å²) in [6.07, 6.45) is 5.24. The van der Waals surface area contributed by atoms with Crippen molar-refractivity contribution in [1.82, 2.24) is 5.32 Å². The molecule has 3 nitrogen and oxygen atoms in total. The van der Waals surface area contributed by atoms with Gasteiger partial charge in [-0.2, -0.15) is 0 Å². The molecule has 3 heteroatoms. The molecule has 1 fully saturated rings. The summed E-state index contributed by atoms with van der Waals surface area (Å²) >= 11 is 0. The summed E-state index contributed by atoms with van der Waals surface area (Å²) in [4.78, 5) is 10.6. The van der Waals surface area contributed by atoms with Gasteiger partial charge in [0.2, 0.25) is 0 Å². The van der Waals surface area contributed by atoms with E-state index in [9.17, 15) is 4.79 Å². The van der Waals surface area contributed by atoms with E-state index in [1.165, 1.54) is 11.6 Å². The van der Waals surface area contributed by atoms with Gasteiger partial charge in [0, 0.05) is 18.7 Å². The average Bonchev–Trinajstić information content (AvgIpc) is 2.38. The minimum Gasteiger partial charge on any atom is -0.478 e. The van der Waals surface area contributed by atoms with Crippen LogP contribution in [0.25, 0.3) is 0 Å². The summed E-state index contributed by atoms with van der Waals surface area (Å²) in [5.74, 6) is -0.819. The molecule has 1 aromatic rings. The van der Waals surface area contributed by atoms with Gasteiger partial charge in [0.15, 0.2) is 0 Å². The van der Waals surface area contributed by atoms with Crippen LogP contribution in [0.15, 0.2) is 42.0 Å². The first kappa shape index (κ1) is 12.8. The molecule has 1 aromatic carbocycles. The van der Waals surface area contributed by atoms with Gasteiger partial charge in [-0.25, -0.2) is 4.79 Å². The molecular formula is C15H19NO2. The van der Waals surface area contributed by atoms with Gasteiger partial charge in [0.25, 0.3) is 0 Å². The molecule has 0 amide bonds. The number of allylic oxidation sites excluding steroid dienone is 1. The molecule has 0 aliphatic heterocycles. The van der Waals surface area contributed by atoms with Crippen molar-refractivity contribution >= 4 is 5.97 Å². The highest BCUT2D eigenvalue weighted by molar-refractivity contribution is 5.80. The van der Waals surface area contributed by atoms with Crippen molar-refractivity contribution in [3.05, 3.63) is 47.5 Å². The average molecular weight is 245 g/mol. The van der Waals surface area contributed by atoms with E-state index < -0.39 is 5.97 Å². The molecule has 0 unspecified atom stereocenters. The lowest BCUT2D eigenvalue weighted by Gasteiger charge is -2.24. The highest BCUT2D eigenvalue weighted by atomic mass is 16.4. The summed E-state index contributed by atoms with van der Waals surface area (Å²) in [6, 6.07) is 10.9. The minimum atomic E-state index is -0.819. The van der Waals surface area contributed by atoms with Crippen LogP contribution in [-0.4, -0.2) is 17.1 Å². The first-order valence-corrected chi connectivity index (χ1v) is 6.44. The lowest BCUT2D eigenvalue weighted by atomic mass is 9.90. The molecule has 1 aliphatic rings. The zero-order valence-corrected chi connectivity index (χ0v) is 10.4. The minimum absolute atomic E-state index is 0.510. The van der Waals surface area contributed by atoms with Crippen LogP contribution in [0.2, 0.25) is 0 Å².